The van der Waals surface area contributed by atoms with Crippen molar-refractivity contribution in [1.29, 1.82) is 0 Å². The van der Waals surface area contributed by atoms with Crippen molar-refractivity contribution in [3.05, 3.63) is 71.8 Å². The normalized spacial score (nSPS) is 13.3. The zero-order valence-electron chi connectivity index (χ0n) is 24.7. The van der Waals surface area contributed by atoms with Gasteiger partial charge in [-0.25, -0.2) is 0 Å². The highest BCUT2D eigenvalue weighted by molar-refractivity contribution is 5.15. The highest BCUT2D eigenvalue weighted by Crippen LogP contribution is 2.10. The molecule has 0 heterocycles. The Hall–Kier alpha value is -1.80. The molecule has 2 aromatic carbocycles. The number of hydrogen-bond acceptors (Lipinski definition) is 6. The molecule has 6 nitrogen and oxygen atoms in total. The van der Waals surface area contributed by atoms with Gasteiger partial charge in [0.25, 0.3) is 0 Å². The molecule has 0 amide bonds. The van der Waals surface area contributed by atoms with Crippen LogP contribution in [0.3, 0.4) is 0 Å². The number of hydrogen-bond donors (Lipinski definition) is 4. The molecule has 0 bridgehead atoms. The minimum Gasteiger partial charge on any atom is -0.379 e. The van der Waals surface area contributed by atoms with Crippen molar-refractivity contribution in [2.45, 2.75) is 97.2 Å². The van der Waals surface area contributed by atoms with Crippen molar-refractivity contribution in [3.8, 4) is 0 Å². The van der Waals surface area contributed by atoms with E-state index in [4.69, 9.17) is 0 Å². The molecule has 0 saturated carbocycles. The van der Waals surface area contributed by atoms with Gasteiger partial charge < -0.3 is 20.8 Å². The Labute approximate surface area is 238 Å². The first-order chi connectivity index (χ1) is 19.1. The van der Waals surface area contributed by atoms with Crippen LogP contribution in [0.25, 0.3) is 0 Å². The highest BCUT2D eigenvalue weighted by atomic mass is 16.3. The minimum absolute atomic E-state index is 0.412. The number of rotatable bonds is 24. The zero-order chi connectivity index (χ0) is 28.0. The van der Waals surface area contributed by atoms with Gasteiger partial charge in [0.15, 0.2) is 0 Å². The molecular weight excluding hydrogens is 484 g/mol. The van der Waals surface area contributed by atoms with Crippen LogP contribution in [0.2, 0.25) is 0 Å². The summed E-state index contributed by atoms with van der Waals surface area (Å²) in [7, 11) is 0. The monoisotopic (exact) mass is 540 g/mol. The SMILES string of the molecule is CC(O)N(CCCCNCCCCCCCNCCCCN(Cc1ccccc1)C(C)O)Cc1ccccc1. The second-order valence-corrected chi connectivity index (χ2v) is 10.9. The highest BCUT2D eigenvalue weighted by Gasteiger charge is 2.11. The lowest BCUT2D eigenvalue weighted by atomic mass is 10.1. The van der Waals surface area contributed by atoms with E-state index in [1.54, 1.807) is 0 Å². The number of nitrogens with one attached hydrogen (secondary N) is 2. The number of unbranched alkanes of at least 4 members (excludes halogenated alkanes) is 6. The van der Waals surface area contributed by atoms with E-state index >= 15 is 0 Å². The van der Waals surface area contributed by atoms with Gasteiger partial charge in [0, 0.05) is 26.2 Å². The lowest BCUT2D eigenvalue weighted by Gasteiger charge is -2.25. The fourth-order valence-corrected chi connectivity index (χ4v) is 4.84. The van der Waals surface area contributed by atoms with E-state index in [0.717, 1.165) is 78.0 Å². The molecule has 2 unspecified atom stereocenters. The van der Waals surface area contributed by atoms with Crippen molar-refractivity contribution in [2.75, 3.05) is 39.3 Å². The van der Waals surface area contributed by atoms with E-state index in [9.17, 15) is 10.2 Å². The molecule has 2 aromatic rings. The van der Waals surface area contributed by atoms with Gasteiger partial charge in [0.05, 0.1) is 0 Å². The Morgan fingerprint density at radius 2 is 0.846 bits per heavy atom. The van der Waals surface area contributed by atoms with Crippen molar-refractivity contribution in [3.63, 3.8) is 0 Å². The van der Waals surface area contributed by atoms with Gasteiger partial charge in [-0.05, 0) is 89.7 Å². The van der Waals surface area contributed by atoms with Crippen molar-refractivity contribution in [1.82, 2.24) is 20.4 Å². The van der Waals surface area contributed by atoms with Crippen LogP contribution in [0.4, 0.5) is 0 Å². The number of nitrogens with zero attached hydrogens (tertiary/aromatic N) is 2. The van der Waals surface area contributed by atoms with Crippen molar-refractivity contribution >= 4 is 0 Å². The molecule has 0 aromatic heterocycles. The van der Waals surface area contributed by atoms with Crippen LogP contribution in [0.5, 0.6) is 0 Å². The van der Waals surface area contributed by atoms with E-state index in [2.05, 4.69) is 69.0 Å². The fourth-order valence-electron chi connectivity index (χ4n) is 4.84. The first-order valence-electron chi connectivity index (χ1n) is 15.4. The molecule has 0 fully saturated rings. The second-order valence-electron chi connectivity index (χ2n) is 10.9. The Kier molecular flexibility index (Phi) is 18.8. The van der Waals surface area contributed by atoms with Gasteiger partial charge in [-0.3, -0.25) is 9.80 Å². The molecule has 6 heteroatoms. The van der Waals surface area contributed by atoms with Gasteiger partial charge in [0.1, 0.15) is 12.5 Å². The summed E-state index contributed by atoms with van der Waals surface area (Å²) in [6, 6.07) is 20.8. The van der Waals surface area contributed by atoms with Crippen LogP contribution in [0, 0.1) is 0 Å². The summed E-state index contributed by atoms with van der Waals surface area (Å²) in [6.07, 6.45) is 10.1. The van der Waals surface area contributed by atoms with E-state index in [-0.39, 0.29) is 0 Å². The minimum atomic E-state index is -0.412. The van der Waals surface area contributed by atoms with E-state index < -0.39 is 12.5 Å². The lowest BCUT2D eigenvalue weighted by molar-refractivity contribution is 0.0114. The lowest BCUT2D eigenvalue weighted by Crippen LogP contribution is -2.33. The standard InChI is InChI=1S/C33H56N4O2/c1-30(38)36(28-32-18-8-6-9-19-32)26-16-14-24-34-22-12-4-3-5-13-23-35-25-15-17-27-37(31(2)39)29-33-20-10-7-11-21-33/h6-11,18-21,30-31,34-35,38-39H,3-5,12-17,22-29H2,1-2H3. The van der Waals surface area contributed by atoms with Gasteiger partial charge in [0.2, 0.25) is 0 Å². The van der Waals surface area contributed by atoms with E-state index in [1.807, 2.05) is 26.0 Å². The Balaban J connectivity index is 1.34. The molecule has 0 radical (unpaired) electrons. The molecular formula is C33H56N4O2. The average molecular weight is 541 g/mol. The maximum Gasteiger partial charge on any atom is 0.104 e. The van der Waals surface area contributed by atoms with Crippen LogP contribution >= 0.6 is 0 Å². The molecule has 2 rings (SSSR count). The summed E-state index contributed by atoms with van der Waals surface area (Å²) in [5.74, 6) is 0. The van der Waals surface area contributed by atoms with Gasteiger partial charge >= 0.3 is 0 Å². The Bertz CT molecular complexity index is 736. The van der Waals surface area contributed by atoms with Gasteiger partial charge in [-0.15, -0.1) is 0 Å². The number of aliphatic hydroxyl groups is 2. The third-order valence-corrected chi connectivity index (χ3v) is 7.32. The molecule has 2 atom stereocenters. The molecule has 4 N–H and O–H groups in total. The largest absolute Gasteiger partial charge is 0.379 e. The third kappa shape index (κ3) is 16.8. The topological polar surface area (TPSA) is 71.0 Å². The summed E-state index contributed by atoms with van der Waals surface area (Å²) in [4.78, 5) is 4.28. The second kappa shape index (κ2) is 22.0. The van der Waals surface area contributed by atoms with Crippen molar-refractivity contribution in [2.24, 2.45) is 0 Å². The third-order valence-electron chi connectivity index (χ3n) is 7.32. The van der Waals surface area contributed by atoms with Crippen LogP contribution < -0.4 is 10.6 Å². The first-order valence-corrected chi connectivity index (χ1v) is 15.4. The predicted octanol–water partition coefficient (Wildman–Crippen LogP) is 5.36. The van der Waals surface area contributed by atoms with Crippen LogP contribution in [-0.2, 0) is 13.1 Å². The average Bonchev–Trinajstić information content (AvgIpc) is 2.94. The smallest absolute Gasteiger partial charge is 0.104 e. The number of aliphatic hydroxyl groups excluding tert-OH is 2. The molecule has 39 heavy (non-hydrogen) atoms. The van der Waals surface area contributed by atoms with Gasteiger partial charge in [-0.1, -0.05) is 79.9 Å². The summed E-state index contributed by atoms with van der Waals surface area (Å²) in [5, 5.41) is 27.3. The van der Waals surface area contributed by atoms with E-state index in [0.29, 0.717) is 0 Å². The molecule has 0 spiro atoms. The maximum absolute atomic E-state index is 10.1. The number of benzene rings is 2. The summed E-state index contributed by atoms with van der Waals surface area (Å²) < 4.78 is 0. The Morgan fingerprint density at radius 3 is 1.21 bits per heavy atom. The van der Waals surface area contributed by atoms with Crippen LogP contribution in [0.1, 0.15) is 82.8 Å². The quantitative estimate of drug-likeness (QED) is 0.106. The molecule has 0 aliphatic heterocycles. The van der Waals surface area contributed by atoms with Gasteiger partial charge in [-0.2, -0.15) is 0 Å². The molecule has 0 aliphatic rings. The molecule has 0 aliphatic carbocycles. The fraction of sp³-hybridized carbons (Fsp3) is 0.636. The first kappa shape index (κ1) is 33.4. The van der Waals surface area contributed by atoms with Crippen LogP contribution in [0.15, 0.2) is 60.7 Å². The predicted molar refractivity (Wildman–Crippen MR) is 164 cm³/mol. The van der Waals surface area contributed by atoms with Crippen molar-refractivity contribution < 1.29 is 10.2 Å². The Morgan fingerprint density at radius 1 is 0.513 bits per heavy atom. The maximum atomic E-state index is 10.1. The zero-order valence-corrected chi connectivity index (χ0v) is 24.7. The van der Waals surface area contributed by atoms with E-state index in [1.165, 1.54) is 43.2 Å². The summed E-state index contributed by atoms with van der Waals surface area (Å²) >= 11 is 0. The van der Waals surface area contributed by atoms with Crippen LogP contribution in [-0.4, -0.2) is 71.7 Å². The molecule has 220 valence electrons. The molecule has 0 saturated heterocycles. The summed E-state index contributed by atoms with van der Waals surface area (Å²) in [5.41, 5.74) is 2.50. The summed E-state index contributed by atoms with van der Waals surface area (Å²) in [6.45, 7) is 11.5.